The van der Waals surface area contributed by atoms with Crippen molar-refractivity contribution in [2.24, 2.45) is 0 Å². The molecule has 2 amide bonds. The highest BCUT2D eigenvalue weighted by molar-refractivity contribution is 7.99. The Morgan fingerprint density at radius 1 is 0.791 bits per heavy atom. The molecule has 0 bridgehead atoms. The summed E-state index contributed by atoms with van der Waals surface area (Å²) in [6.07, 6.45) is -0.657. The van der Waals surface area contributed by atoms with Crippen molar-refractivity contribution in [2.45, 2.75) is 43.0 Å². The molecule has 9 heteroatoms. The SMILES string of the molecule is O=C(O)c1ccccc1SCC1CC(c2ccc(CO)cc2)OC(c2ccc(CN3C(=O)c4ccccc4C3=O)cc2)O1. The molecule has 4 aromatic rings. The average Bonchev–Trinajstić information content (AvgIpc) is 3.29. The molecule has 2 heterocycles. The predicted octanol–water partition coefficient (Wildman–Crippen LogP) is 6.01. The lowest BCUT2D eigenvalue weighted by Crippen LogP contribution is -2.31. The molecule has 1 saturated heterocycles. The molecule has 0 saturated carbocycles. The number of carboxylic acids is 1. The van der Waals surface area contributed by atoms with Gasteiger partial charge in [-0.05, 0) is 41.0 Å². The Bertz CT molecular complexity index is 1620. The van der Waals surface area contributed by atoms with Crippen LogP contribution in [0.2, 0.25) is 0 Å². The molecule has 4 aromatic carbocycles. The Labute approximate surface area is 252 Å². The molecule has 1 fully saturated rings. The molecule has 3 atom stereocenters. The van der Waals surface area contributed by atoms with Crippen LogP contribution >= 0.6 is 11.8 Å². The van der Waals surface area contributed by atoms with E-state index in [2.05, 4.69) is 0 Å². The van der Waals surface area contributed by atoms with Crippen LogP contribution in [0, 0.1) is 0 Å². The molecule has 6 rings (SSSR count). The smallest absolute Gasteiger partial charge is 0.336 e. The van der Waals surface area contributed by atoms with Gasteiger partial charge in [-0.15, -0.1) is 11.8 Å². The van der Waals surface area contributed by atoms with Crippen LogP contribution in [0.25, 0.3) is 0 Å². The summed E-state index contributed by atoms with van der Waals surface area (Å²) in [4.78, 5) is 39.3. The van der Waals surface area contributed by atoms with Gasteiger partial charge in [0.25, 0.3) is 11.8 Å². The van der Waals surface area contributed by atoms with Crippen LogP contribution in [-0.2, 0) is 22.6 Å². The van der Waals surface area contributed by atoms with E-state index in [0.29, 0.717) is 28.2 Å². The van der Waals surface area contributed by atoms with Gasteiger partial charge in [-0.2, -0.15) is 0 Å². The van der Waals surface area contributed by atoms with E-state index in [9.17, 15) is 24.6 Å². The summed E-state index contributed by atoms with van der Waals surface area (Å²) in [5.41, 5.74) is 4.42. The topological polar surface area (TPSA) is 113 Å². The molecule has 0 spiro atoms. The second kappa shape index (κ2) is 12.5. The number of thioether (sulfide) groups is 1. The lowest BCUT2D eigenvalue weighted by Gasteiger charge is -2.36. The van der Waals surface area contributed by atoms with Gasteiger partial charge in [-0.1, -0.05) is 72.8 Å². The van der Waals surface area contributed by atoms with Gasteiger partial charge in [0.05, 0.1) is 42.0 Å². The second-order valence-electron chi connectivity index (χ2n) is 10.4. The van der Waals surface area contributed by atoms with E-state index in [1.54, 1.807) is 42.5 Å². The summed E-state index contributed by atoms with van der Waals surface area (Å²) in [5.74, 6) is -1.06. The molecule has 8 nitrogen and oxygen atoms in total. The highest BCUT2D eigenvalue weighted by atomic mass is 32.2. The number of hydrogen-bond acceptors (Lipinski definition) is 7. The zero-order chi connectivity index (χ0) is 29.9. The number of ether oxygens (including phenoxy) is 2. The maximum absolute atomic E-state index is 12.8. The van der Waals surface area contributed by atoms with Gasteiger partial charge in [0, 0.05) is 22.6 Å². The van der Waals surface area contributed by atoms with Crippen molar-refractivity contribution < 1.29 is 34.1 Å². The van der Waals surface area contributed by atoms with Crippen LogP contribution in [0.3, 0.4) is 0 Å². The Kier molecular flexibility index (Phi) is 8.40. The summed E-state index contributed by atoms with van der Waals surface area (Å²) in [5, 5.41) is 19.1. The number of aliphatic hydroxyl groups excluding tert-OH is 1. The van der Waals surface area contributed by atoms with Crippen molar-refractivity contribution in [1.29, 1.82) is 0 Å². The van der Waals surface area contributed by atoms with Crippen molar-refractivity contribution >= 4 is 29.5 Å². The normalized spacial score (nSPS) is 19.8. The molecule has 2 aliphatic rings. The molecule has 0 aliphatic carbocycles. The first-order valence-corrected chi connectivity index (χ1v) is 14.9. The number of aliphatic hydroxyl groups is 1. The zero-order valence-corrected chi connectivity index (χ0v) is 23.9. The third kappa shape index (κ3) is 6.11. The van der Waals surface area contributed by atoms with Crippen LogP contribution in [0.4, 0.5) is 0 Å². The number of amides is 2. The first-order valence-electron chi connectivity index (χ1n) is 13.9. The van der Waals surface area contributed by atoms with E-state index in [4.69, 9.17) is 9.47 Å². The van der Waals surface area contributed by atoms with Crippen molar-refractivity contribution in [1.82, 2.24) is 4.90 Å². The Morgan fingerprint density at radius 3 is 2.05 bits per heavy atom. The van der Waals surface area contributed by atoms with Crippen LogP contribution in [0.15, 0.2) is 102 Å². The van der Waals surface area contributed by atoms with E-state index >= 15 is 0 Å². The summed E-state index contributed by atoms with van der Waals surface area (Å²) < 4.78 is 12.8. The van der Waals surface area contributed by atoms with Crippen LogP contribution in [0.1, 0.15) is 72.1 Å². The van der Waals surface area contributed by atoms with E-state index in [1.807, 2.05) is 54.6 Å². The molecule has 218 valence electrons. The third-order valence-corrected chi connectivity index (χ3v) is 8.83. The van der Waals surface area contributed by atoms with E-state index in [0.717, 1.165) is 22.3 Å². The summed E-state index contributed by atoms with van der Waals surface area (Å²) in [6, 6.07) is 28.8. The minimum atomic E-state index is -0.975. The Morgan fingerprint density at radius 2 is 1.40 bits per heavy atom. The first-order chi connectivity index (χ1) is 20.9. The van der Waals surface area contributed by atoms with Crippen molar-refractivity contribution in [3.63, 3.8) is 0 Å². The molecule has 43 heavy (non-hydrogen) atoms. The number of imide groups is 1. The Hall–Kier alpha value is -4.28. The number of fused-ring (bicyclic) bond motifs is 1. The van der Waals surface area contributed by atoms with Gasteiger partial charge in [0.2, 0.25) is 0 Å². The maximum Gasteiger partial charge on any atom is 0.336 e. The van der Waals surface area contributed by atoms with Gasteiger partial charge in [0.1, 0.15) is 0 Å². The Balaban J connectivity index is 1.19. The van der Waals surface area contributed by atoms with Gasteiger partial charge in [-0.25, -0.2) is 4.79 Å². The monoisotopic (exact) mass is 595 g/mol. The largest absolute Gasteiger partial charge is 0.478 e. The van der Waals surface area contributed by atoms with Gasteiger partial charge >= 0.3 is 5.97 Å². The molecule has 2 N–H and O–H groups in total. The molecule has 3 unspecified atom stereocenters. The lowest BCUT2D eigenvalue weighted by molar-refractivity contribution is -0.245. The van der Waals surface area contributed by atoms with Crippen LogP contribution < -0.4 is 0 Å². The highest BCUT2D eigenvalue weighted by Gasteiger charge is 2.35. The minimum absolute atomic E-state index is 0.0488. The fourth-order valence-electron chi connectivity index (χ4n) is 5.32. The van der Waals surface area contributed by atoms with Crippen LogP contribution in [-0.4, -0.2) is 44.8 Å². The average molecular weight is 596 g/mol. The molecular weight excluding hydrogens is 566 g/mol. The van der Waals surface area contributed by atoms with Gasteiger partial charge in [0.15, 0.2) is 6.29 Å². The quantitative estimate of drug-likeness (QED) is 0.179. The summed E-state index contributed by atoms with van der Waals surface area (Å²) in [6.45, 7) is 0.105. The van der Waals surface area contributed by atoms with E-state index in [-0.39, 0.29) is 42.7 Å². The standard InChI is InChI=1S/C34H29NO7S/c36-19-22-11-13-23(14-12-22)29-17-25(20-43-30-8-4-3-7-28(30)33(39)40)41-34(42-29)24-15-9-21(10-16-24)18-35-31(37)26-5-1-2-6-27(26)32(35)38/h1-16,25,29,34,36H,17-20H2,(H,39,40). The number of carbonyl (C=O) groups excluding carboxylic acids is 2. The number of rotatable bonds is 9. The molecule has 2 aliphatic heterocycles. The predicted molar refractivity (Wildman–Crippen MR) is 160 cm³/mol. The number of nitrogens with zero attached hydrogens (tertiary/aromatic N) is 1. The number of benzene rings is 4. The fraction of sp³-hybridized carbons (Fsp3) is 0.206. The van der Waals surface area contributed by atoms with Crippen molar-refractivity contribution in [3.05, 3.63) is 136 Å². The van der Waals surface area contributed by atoms with Crippen molar-refractivity contribution in [2.75, 3.05) is 5.75 Å². The fourth-order valence-corrected chi connectivity index (χ4v) is 6.39. The summed E-state index contributed by atoms with van der Waals surface area (Å²) in [7, 11) is 0. The maximum atomic E-state index is 12.8. The molecule has 0 radical (unpaired) electrons. The summed E-state index contributed by atoms with van der Waals surface area (Å²) >= 11 is 1.43. The minimum Gasteiger partial charge on any atom is -0.478 e. The number of aromatic carboxylic acids is 1. The second-order valence-corrected chi connectivity index (χ2v) is 11.5. The number of carbonyl (C=O) groups is 3. The zero-order valence-electron chi connectivity index (χ0n) is 23.1. The number of hydrogen-bond donors (Lipinski definition) is 2. The number of carboxylic acid groups (broad SMARTS) is 1. The van der Waals surface area contributed by atoms with E-state index in [1.165, 1.54) is 16.7 Å². The van der Waals surface area contributed by atoms with E-state index < -0.39 is 12.3 Å². The first kappa shape index (κ1) is 28.8. The van der Waals surface area contributed by atoms with Gasteiger partial charge < -0.3 is 19.7 Å². The van der Waals surface area contributed by atoms with Crippen LogP contribution in [0.5, 0.6) is 0 Å². The molecule has 0 aromatic heterocycles. The van der Waals surface area contributed by atoms with Gasteiger partial charge in [-0.3, -0.25) is 14.5 Å². The van der Waals surface area contributed by atoms with Crippen molar-refractivity contribution in [3.8, 4) is 0 Å². The lowest BCUT2D eigenvalue weighted by atomic mass is 10.0. The molecular formula is C34H29NO7S. The highest BCUT2D eigenvalue weighted by Crippen LogP contribution is 2.40. The third-order valence-electron chi connectivity index (χ3n) is 7.63.